The zero-order chi connectivity index (χ0) is 19.6. The number of rotatable bonds is 5. The Kier molecular flexibility index (Phi) is 3.91. The number of para-hydroxylation sites is 1. The van der Waals surface area contributed by atoms with Gasteiger partial charge in [-0.25, -0.2) is 4.98 Å². The molecule has 1 N–H and O–H groups in total. The molecule has 29 heavy (non-hydrogen) atoms. The Morgan fingerprint density at radius 1 is 1.07 bits per heavy atom. The number of benzene rings is 1. The molecule has 0 atom stereocenters. The number of hydrogen-bond donors (Lipinski definition) is 1. The summed E-state index contributed by atoms with van der Waals surface area (Å²) < 4.78 is 1.86. The van der Waals surface area contributed by atoms with Gasteiger partial charge in [0.1, 0.15) is 5.82 Å². The highest BCUT2D eigenvalue weighted by Gasteiger charge is 2.51. The van der Waals surface area contributed by atoms with Crippen LogP contribution in [0.3, 0.4) is 0 Å². The molecule has 5 saturated carbocycles. The van der Waals surface area contributed by atoms with Crippen LogP contribution in [0.5, 0.6) is 0 Å². The first-order valence-corrected chi connectivity index (χ1v) is 11.4. The van der Waals surface area contributed by atoms with Crippen LogP contribution in [0.25, 0.3) is 10.9 Å². The van der Waals surface area contributed by atoms with E-state index >= 15 is 0 Å². The van der Waals surface area contributed by atoms with E-state index in [1.165, 1.54) is 38.5 Å². The first kappa shape index (κ1) is 17.7. The van der Waals surface area contributed by atoms with Gasteiger partial charge in [0.15, 0.2) is 0 Å². The summed E-state index contributed by atoms with van der Waals surface area (Å²) in [5.41, 5.74) is 0.846. The predicted octanol–water partition coefficient (Wildman–Crippen LogP) is 3.75. The molecule has 1 heterocycles. The molecule has 0 spiro atoms. The Morgan fingerprint density at radius 3 is 2.38 bits per heavy atom. The first-order chi connectivity index (χ1) is 14.1. The van der Waals surface area contributed by atoms with Crippen molar-refractivity contribution < 1.29 is 4.79 Å². The van der Waals surface area contributed by atoms with E-state index in [2.05, 4.69) is 5.32 Å². The van der Waals surface area contributed by atoms with E-state index in [9.17, 15) is 9.59 Å². The fourth-order valence-corrected chi connectivity index (χ4v) is 6.92. The van der Waals surface area contributed by atoms with Gasteiger partial charge in [-0.15, -0.1) is 0 Å². The van der Waals surface area contributed by atoms with Gasteiger partial charge in [0.25, 0.3) is 5.56 Å². The third kappa shape index (κ3) is 3.10. The van der Waals surface area contributed by atoms with Gasteiger partial charge in [0, 0.05) is 24.4 Å². The lowest BCUT2D eigenvalue weighted by atomic mass is 9.53. The fourth-order valence-electron chi connectivity index (χ4n) is 6.92. The Morgan fingerprint density at radius 2 is 1.72 bits per heavy atom. The van der Waals surface area contributed by atoms with Gasteiger partial charge in [0.2, 0.25) is 5.91 Å². The maximum absolute atomic E-state index is 13.0. The minimum Gasteiger partial charge on any atom is -0.351 e. The number of nitrogens with zero attached hydrogens (tertiary/aromatic N) is 2. The van der Waals surface area contributed by atoms with Gasteiger partial charge in [-0.05, 0) is 81.3 Å². The quantitative estimate of drug-likeness (QED) is 0.844. The van der Waals surface area contributed by atoms with Crippen LogP contribution in [0.2, 0.25) is 0 Å². The summed E-state index contributed by atoms with van der Waals surface area (Å²) in [4.78, 5) is 30.7. The van der Waals surface area contributed by atoms with Crippen molar-refractivity contribution in [3.63, 3.8) is 0 Å². The van der Waals surface area contributed by atoms with E-state index < -0.39 is 0 Å². The molecule has 5 aliphatic carbocycles. The van der Waals surface area contributed by atoms with Gasteiger partial charge in [-0.1, -0.05) is 12.1 Å². The fraction of sp³-hybridized carbons (Fsp3) is 0.625. The summed E-state index contributed by atoms with van der Waals surface area (Å²) in [5, 5.41) is 4.14. The summed E-state index contributed by atoms with van der Waals surface area (Å²) in [6.45, 7) is 0. The lowest BCUT2D eigenvalue weighted by Gasteiger charge is -2.56. The average molecular weight is 392 g/mol. The van der Waals surface area contributed by atoms with E-state index in [1.807, 2.05) is 28.8 Å². The van der Waals surface area contributed by atoms with Crippen LogP contribution in [-0.4, -0.2) is 21.0 Å². The molecule has 1 aromatic carbocycles. The number of amides is 1. The van der Waals surface area contributed by atoms with Crippen molar-refractivity contribution in [3.05, 3.63) is 40.4 Å². The molecule has 0 unspecified atom stereocenters. The number of aryl methyl sites for hydroxylation is 1. The summed E-state index contributed by atoms with van der Waals surface area (Å²) in [6, 6.07) is 7.82. The van der Waals surface area contributed by atoms with Crippen LogP contribution in [-0.2, 0) is 11.2 Å². The molecule has 1 aromatic heterocycles. The zero-order valence-corrected chi connectivity index (χ0v) is 16.9. The Labute approximate surface area is 170 Å². The molecule has 0 saturated heterocycles. The third-order valence-electron chi connectivity index (χ3n) is 7.81. The Hall–Kier alpha value is -2.17. The molecule has 2 aromatic rings. The molecule has 4 bridgehead atoms. The van der Waals surface area contributed by atoms with Gasteiger partial charge in [-0.2, -0.15) is 0 Å². The average Bonchev–Trinajstić information content (AvgIpc) is 3.50. The smallest absolute Gasteiger partial charge is 0.261 e. The Balaban J connectivity index is 1.21. The highest BCUT2D eigenvalue weighted by Crippen LogP contribution is 2.55. The summed E-state index contributed by atoms with van der Waals surface area (Å²) in [7, 11) is 0. The van der Waals surface area contributed by atoms with Crippen LogP contribution in [0.1, 0.15) is 69.7 Å². The van der Waals surface area contributed by atoms with Crippen molar-refractivity contribution in [2.45, 2.75) is 75.8 Å². The van der Waals surface area contributed by atoms with Gasteiger partial charge < -0.3 is 5.32 Å². The molecule has 5 nitrogen and oxygen atoms in total. The molecule has 0 aliphatic heterocycles. The minimum absolute atomic E-state index is 0.0505. The second kappa shape index (κ2) is 6.41. The predicted molar refractivity (Wildman–Crippen MR) is 112 cm³/mol. The van der Waals surface area contributed by atoms with Crippen molar-refractivity contribution >= 4 is 16.8 Å². The van der Waals surface area contributed by atoms with E-state index in [0.717, 1.165) is 41.9 Å². The molecule has 5 aliphatic rings. The first-order valence-electron chi connectivity index (χ1n) is 11.4. The number of carbonyl (C=O) groups excluding carboxylic acids is 1. The molecule has 5 heteroatoms. The van der Waals surface area contributed by atoms with Crippen LogP contribution >= 0.6 is 0 Å². The van der Waals surface area contributed by atoms with Crippen LogP contribution in [0.15, 0.2) is 29.1 Å². The van der Waals surface area contributed by atoms with E-state index in [-0.39, 0.29) is 23.0 Å². The second-order valence-corrected chi connectivity index (χ2v) is 10.2. The molecule has 5 fully saturated rings. The number of fused-ring (bicyclic) bond motifs is 1. The maximum atomic E-state index is 13.0. The van der Waals surface area contributed by atoms with Gasteiger partial charge in [-0.3, -0.25) is 14.2 Å². The number of nitrogens with one attached hydrogen (secondary N) is 1. The van der Waals surface area contributed by atoms with Gasteiger partial charge in [0.05, 0.1) is 10.9 Å². The number of hydrogen-bond acceptors (Lipinski definition) is 3. The standard InChI is InChI=1S/C24H29N3O2/c28-22(26-24-12-15-9-16(13-24)11-17(10-15)14-24)8-7-21-25-20-4-2-1-3-19(20)23(29)27(21)18-5-6-18/h1-4,15-18H,5-14H2,(H,26,28). The molecule has 152 valence electrons. The Bertz CT molecular complexity index is 1000. The van der Waals surface area contributed by atoms with Crippen LogP contribution < -0.4 is 10.9 Å². The lowest BCUT2D eigenvalue weighted by molar-refractivity contribution is -0.126. The minimum atomic E-state index is 0.0505. The largest absolute Gasteiger partial charge is 0.351 e. The molecule has 0 radical (unpaired) electrons. The van der Waals surface area contributed by atoms with Crippen molar-refractivity contribution in [3.8, 4) is 0 Å². The lowest BCUT2D eigenvalue weighted by Crippen LogP contribution is -2.59. The third-order valence-corrected chi connectivity index (χ3v) is 7.81. The number of carbonyl (C=O) groups is 1. The van der Waals surface area contributed by atoms with Crippen molar-refractivity contribution in [2.75, 3.05) is 0 Å². The van der Waals surface area contributed by atoms with Crippen molar-refractivity contribution in [1.82, 2.24) is 14.9 Å². The van der Waals surface area contributed by atoms with E-state index in [1.54, 1.807) is 0 Å². The topological polar surface area (TPSA) is 64.0 Å². The second-order valence-electron chi connectivity index (χ2n) is 10.2. The SMILES string of the molecule is O=C(CCc1nc2ccccc2c(=O)n1C1CC1)NC12CC3CC(CC(C3)C1)C2. The molecule has 1 amide bonds. The van der Waals surface area contributed by atoms with Gasteiger partial charge >= 0.3 is 0 Å². The van der Waals surface area contributed by atoms with E-state index in [4.69, 9.17) is 4.98 Å². The molecule has 7 rings (SSSR count). The molecular weight excluding hydrogens is 362 g/mol. The normalized spacial score (nSPS) is 32.6. The molecular formula is C24H29N3O2. The monoisotopic (exact) mass is 391 g/mol. The number of aromatic nitrogens is 2. The zero-order valence-electron chi connectivity index (χ0n) is 16.9. The van der Waals surface area contributed by atoms with Crippen molar-refractivity contribution in [1.29, 1.82) is 0 Å². The maximum Gasteiger partial charge on any atom is 0.261 e. The van der Waals surface area contributed by atoms with Crippen molar-refractivity contribution in [2.24, 2.45) is 17.8 Å². The summed E-state index contributed by atoms with van der Waals surface area (Å²) in [6.07, 6.45) is 10.7. The van der Waals surface area contributed by atoms with Crippen LogP contribution in [0, 0.1) is 17.8 Å². The van der Waals surface area contributed by atoms with Crippen LogP contribution in [0.4, 0.5) is 0 Å². The summed E-state index contributed by atoms with van der Waals surface area (Å²) >= 11 is 0. The van der Waals surface area contributed by atoms with E-state index in [0.29, 0.717) is 18.2 Å². The summed E-state index contributed by atoms with van der Waals surface area (Å²) in [5.74, 6) is 3.38. The highest BCUT2D eigenvalue weighted by atomic mass is 16.2. The highest BCUT2D eigenvalue weighted by molar-refractivity contribution is 5.78.